The summed E-state index contributed by atoms with van der Waals surface area (Å²) in [5.74, 6) is -0.330. The first-order chi connectivity index (χ1) is 14.9. The van der Waals surface area contributed by atoms with E-state index in [0.29, 0.717) is 39.3 Å². The standard InChI is InChI=1S/C22H17ClFN5O2/c1-13-16(21(23)29(28-13)15-8-6-14(24)7-9-15)10-11-20(30)31-12-19-26-18-5-3-2-4-17(18)22(25)27-19/h2-11H,12H2,1H3,(H2,25,26,27)/b11-10+. The van der Waals surface area contributed by atoms with Crippen LogP contribution in [0.2, 0.25) is 5.15 Å². The lowest BCUT2D eigenvalue weighted by Crippen LogP contribution is -2.06. The summed E-state index contributed by atoms with van der Waals surface area (Å²) in [5.41, 5.74) is 8.36. The van der Waals surface area contributed by atoms with Crippen LogP contribution in [0.15, 0.2) is 54.6 Å². The quantitative estimate of drug-likeness (QED) is 0.370. The van der Waals surface area contributed by atoms with Crippen molar-refractivity contribution in [3.8, 4) is 5.69 Å². The number of benzene rings is 2. The predicted molar refractivity (Wildman–Crippen MR) is 116 cm³/mol. The smallest absolute Gasteiger partial charge is 0.331 e. The number of halogens is 2. The second-order valence-electron chi connectivity index (χ2n) is 6.66. The van der Waals surface area contributed by atoms with Gasteiger partial charge in [0.25, 0.3) is 0 Å². The Balaban J connectivity index is 1.47. The van der Waals surface area contributed by atoms with Gasteiger partial charge >= 0.3 is 5.97 Å². The first-order valence-corrected chi connectivity index (χ1v) is 9.67. The number of nitrogens with two attached hydrogens (primary N) is 1. The van der Waals surface area contributed by atoms with Gasteiger partial charge in [-0.25, -0.2) is 23.8 Å². The molecule has 0 saturated carbocycles. The third kappa shape index (κ3) is 4.39. The van der Waals surface area contributed by atoms with Crippen LogP contribution in [0, 0.1) is 12.7 Å². The van der Waals surface area contributed by atoms with Gasteiger partial charge in [0, 0.05) is 17.0 Å². The molecule has 2 heterocycles. The lowest BCUT2D eigenvalue weighted by molar-refractivity contribution is -0.139. The molecule has 2 aromatic carbocycles. The Bertz CT molecular complexity index is 1300. The normalized spacial score (nSPS) is 11.3. The van der Waals surface area contributed by atoms with Gasteiger partial charge in [-0.05, 0) is 49.4 Å². The number of carbonyl (C=O) groups is 1. The molecule has 0 aliphatic carbocycles. The summed E-state index contributed by atoms with van der Waals surface area (Å²) in [5, 5.41) is 5.37. The Morgan fingerprint density at radius 3 is 2.71 bits per heavy atom. The van der Waals surface area contributed by atoms with E-state index in [9.17, 15) is 9.18 Å². The fourth-order valence-corrected chi connectivity index (χ4v) is 3.34. The van der Waals surface area contributed by atoms with Crippen LogP contribution in [0.1, 0.15) is 17.1 Å². The Hall–Kier alpha value is -3.78. The molecule has 0 atom stereocenters. The van der Waals surface area contributed by atoms with Crippen molar-refractivity contribution in [1.82, 2.24) is 19.7 Å². The van der Waals surface area contributed by atoms with E-state index in [1.807, 2.05) is 24.3 Å². The summed E-state index contributed by atoms with van der Waals surface area (Å²) in [6.45, 7) is 1.63. The monoisotopic (exact) mass is 437 g/mol. The van der Waals surface area contributed by atoms with Gasteiger partial charge in [0.15, 0.2) is 12.4 Å². The van der Waals surface area contributed by atoms with Gasteiger partial charge in [-0.2, -0.15) is 5.10 Å². The van der Waals surface area contributed by atoms with Crippen LogP contribution in [0.5, 0.6) is 0 Å². The van der Waals surface area contributed by atoms with Crippen molar-refractivity contribution in [2.24, 2.45) is 0 Å². The van der Waals surface area contributed by atoms with Crippen molar-refractivity contribution in [3.63, 3.8) is 0 Å². The van der Waals surface area contributed by atoms with E-state index in [1.165, 1.54) is 29.0 Å². The maximum atomic E-state index is 13.2. The van der Waals surface area contributed by atoms with E-state index in [1.54, 1.807) is 19.1 Å². The van der Waals surface area contributed by atoms with Gasteiger partial charge in [-0.1, -0.05) is 23.7 Å². The van der Waals surface area contributed by atoms with Crippen molar-refractivity contribution in [3.05, 3.63) is 82.7 Å². The van der Waals surface area contributed by atoms with E-state index in [-0.39, 0.29) is 12.4 Å². The zero-order valence-electron chi connectivity index (χ0n) is 16.4. The molecule has 7 nitrogen and oxygen atoms in total. The molecule has 9 heteroatoms. The van der Waals surface area contributed by atoms with Gasteiger partial charge in [0.2, 0.25) is 0 Å². The van der Waals surface area contributed by atoms with Crippen LogP contribution in [0.25, 0.3) is 22.7 Å². The van der Waals surface area contributed by atoms with E-state index in [0.717, 1.165) is 5.39 Å². The van der Waals surface area contributed by atoms with E-state index >= 15 is 0 Å². The Kier molecular flexibility index (Phi) is 5.64. The number of esters is 1. The maximum Gasteiger partial charge on any atom is 0.331 e. The molecular formula is C22H17ClFN5O2. The molecule has 2 N–H and O–H groups in total. The molecule has 0 fully saturated rings. The lowest BCUT2D eigenvalue weighted by Gasteiger charge is -2.05. The van der Waals surface area contributed by atoms with E-state index < -0.39 is 5.97 Å². The molecule has 4 rings (SSSR count). The molecule has 0 bridgehead atoms. The Morgan fingerprint density at radius 2 is 1.94 bits per heavy atom. The number of para-hydroxylation sites is 1. The molecule has 0 spiro atoms. The lowest BCUT2D eigenvalue weighted by atomic mass is 10.2. The highest BCUT2D eigenvalue weighted by Gasteiger charge is 2.13. The number of nitrogens with zero attached hydrogens (tertiary/aromatic N) is 4. The maximum absolute atomic E-state index is 13.2. The van der Waals surface area contributed by atoms with Crippen molar-refractivity contribution in [2.75, 3.05) is 5.73 Å². The third-order valence-corrected chi connectivity index (χ3v) is 4.89. The molecule has 31 heavy (non-hydrogen) atoms. The summed E-state index contributed by atoms with van der Waals surface area (Å²) >= 11 is 6.40. The molecule has 0 unspecified atom stereocenters. The molecule has 0 saturated heterocycles. The number of aryl methyl sites for hydroxylation is 1. The minimum absolute atomic E-state index is 0.125. The topological polar surface area (TPSA) is 95.9 Å². The van der Waals surface area contributed by atoms with Crippen LogP contribution in [0.3, 0.4) is 0 Å². The largest absolute Gasteiger partial charge is 0.454 e. The highest BCUT2D eigenvalue weighted by atomic mass is 35.5. The van der Waals surface area contributed by atoms with E-state index in [2.05, 4.69) is 15.1 Å². The number of hydrogen-bond donors (Lipinski definition) is 1. The molecule has 0 radical (unpaired) electrons. The number of hydrogen-bond acceptors (Lipinski definition) is 6. The predicted octanol–water partition coefficient (Wildman–Crippen LogP) is 4.26. The SMILES string of the molecule is Cc1nn(-c2ccc(F)cc2)c(Cl)c1/C=C/C(=O)OCc1nc(N)c2ccccc2n1. The number of rotatable bonds is 5. The average Bonchev–Trinajstić information content (AvgIpc) is 3.05. The number of aromatic nitrogens is 4. The first-order valence-electron chi connectivity index (χ1n) is 9.29. The van der Waals surface area contributed by atoms with Gasteiger partial charge < -0.3 is 10.5 Å². The molecular weight excluding hydrogens is 421 g/mol. The van der Waals surface area contributed by atoms with Crippen LogP contribution < -0.4 is 5.73 Å². The van der Waals surface area contributed by atoms with Gasteiger partial charge in [-0.3, -0.25) is 0 Å². The number of ether oxygens (including phenoxy) is 1. The molecule has 4 aromatic rings. The Labute approximate surface area is 181 Å². The van der Waals surface area contributed by atoms with Crippen LogP contribution >= 0.6 is 11.6 Å². The second kappa shape index (κ2) is 8.53. The average molecular weight is 438 g/mol. The van der Waals surface area contributed by atoms with Crippen LogP contribution in [-0.2, 0) is 16.1 Å². The van der Waals surface area contributed by atoms with Crippen molar-refractivity contribution >= 4 is 40.4 Å². The van der Waals surface area contributed by atoms with Crippen molar-refractivity contribution in [1.29, 1.82) is 0 Å². The van der Waals surface area contributed by atoms with Crippen LogP contribution in [-0.4, -0.2) is 25.7 Å². The molecule has 0 aliphatic heterocycles. The first kappa shape index (κ1) is 20.5. The van der Waals surface area contributed by atoms with Gasteiger partial charge in [-0.15, -0.1) is 0 Å². The second-order valence-corrected chi connectivity index (χ2v) is 7.02. The minimum Gasteiger partial charge on any atom is -0.454 e. The third-order valence-electron chi connectivity index (χ3n) is 4.53. The summed E-state index contributed by atoms with van der Waals surface area (Å²) in [6, 6.07) is 13.1. The minimum atomic E-state index is -0.597. The number of carbonyl (C=O) groups excluding carboxylic acids is 1. The number of anilines is 1. The molecule has 0 amide bonds. The fraction of sp³-hybridized carbons (Fsp3) is 0.0909. The summed E-state index contributed by atoms with van der Waals surface area (Å²) in [4.78, 5) is 20.7. The molecule has 156 valence electrons. The van der Waals surface area contributed by atoms with Crippen LogP contribution in [0.4, 0.5) is 10.2 Å². The summed E-state index contributed by atoms with van der Waals surface area (Å²) in [7, 11) is 0. The van der Waals surface area contributed by atoms with E-state index in [4.69, 9.17) is 22.1 Å². The highest BCUT2D eigenvalue weighted by Crippen LogP contribution is 2.25. The van der Waals surface area contributed by atoms with Gasteiger partial charge in [0.05, 0.1) is 16.9 Å². The zero-order chi connectivity index (χ0) is 22.0. The summed E-state index contributed by atoms with van der Waals surface area (Å²) < 4.78 is 19.8. The highest BCUT2D eigenvalue weighted by molar-refractivity contribution is 6.31. The van der Waals surface area contributed by atoms with Gasteiger partial charge in [0.1, 0.15) is 16.8 Å². The zero-order valence-corrected chi connectivity index (χ0v) is 17.2. The number of fused-ring (bicyclic) bond motifs is 1. The molecule has 0 aliphatic rings. The fourth-order valence-electron chi connectivity index (χ4n) is 3.00. The summed E-state index contributed by atoms with van der Waals surface area (Å²) in [6.07, 6.45) is 2.76. The molecule has 2 aromatic heterocycles. The van der Waals surface area contributed by atoms with Crippen molar-refractivity contribution < 1.29 is 13.9 Å². The van der Waals surface area contributed by atoms with Crippen molar-refractivity contribution in [2.45, 2.75) is 13.5 Å². The number of nitrogen functional groups attached to an aromatic ring is 1. The Morgan fingerprint density at radius 1 is 1.19 bits per heavy atom.